The van der Waals surface area contributed by atoms with E-state index in [1.54, 1.807) is 4.90 Å². The number of amides is 1. The lowest BCUT2D eigenvalue weighted by molar-refractivity contribution is -0.126. The van der Waals surface area contributed by atoms with E-state index in [1.807, 2.05) is 19.2 Å². The van der Waals surface area contributed by atoms with Gasteiger partial charge in [0.25, 0.3) is 0 Å². The number of carbonyl (C=O) groups is 1. The van der Waals surface area contributed by atoms with Crippen LogP contribution in [0, 0.1) is 11.3 Å². The van der Waals surface area contributed by atoms with E-state index < -0.39 is 0 Å². The average Bonchev–Trinajstić information content (AvgIpc) is 3.77. The van der Waals surface area contributed by atoms with Crippen LogP contribution in [0.15, 0.2) is 49.1 Å². The zero-order valence-corrected chi connectivity index (χ0v) is 26.7. The van der Waals surface area contributed by atoms with Gasteiger partial charge in [0.1, 0.15) is 12.4 Å². The first kappa shape index (κ1) is 29.8. The second-order valence-corrected chi connectivity index (χ2v) is 13.4. The molecule has 1 amide bonds. The first-order valence-corrected chi connectivity index (χ1v) is 16.5. The van der Waals surface area contributed by atoms with Gasteiger partial charge in [-0.25, -0.2) is 0 Å². The Balaban J connectivity index is 1.23. The highest BCUT2D eigenvalue weighted by Gasteiger charge is 2.45. The lowest BCUT2D eigenvalue weighted by atomic mass is 9.95. The van der Waals surface area contributed by atoms with E-state index >= 15 is 0 Å². The molecule has 0 bridgehead atoms. The van der Waals surface area contributed by atoms with Crippen molar-refractivity contribution in [1.29, 1.82) is 5.26 Å². The van der Waals surface area contributed by atoms with Gasteiger partial charge in [0, 0.05) is 48.9 Å². The van der Waals surface area contributed by atoms with Crippen molar-refractivity contribution in [3.8, 4) is 12.1 Å². The molecule has 0 saturated carbocycles. The number of likely N-dealkylation sites (tertiary alicyclic amines) is 1. The number of nitriles is 1. The molecule has 3 saturated heterocycles. The lowest BCUT2D eigenvalue weighted by Crippen LogP contribution is -2.44. The van der Waals surface area contributed by atoms with E-state index in [9.17, 15) is 10.1 Å². The Morgan fingerprint density at radius 1 is 1.20 bits per heavy atom. The van der Waals surface area contributed by atoms with Crippen molar-refractivity contribution in [3.63, 3.8) is 0 Å². The summed E-state index contributed by atoms with van der Waals surface area (Å²) in [5, 5.41) is 12.4. The minimum absolute atomic E-state index is 0.00718. The van der Waals surface area contributed by atoms with Crippen molar-refractivity contribution in [2.45, 2.75) is 69.1 Å². The number of ether oxygens (including phenoxy) is 1. The van der Waals surface area contributed by atoms with Crippen molar-refractivity contribution >= 4 is 39.8 Å². The third kappa shape index (κ3) is 5.38. The van der Waals surface area contributed by atoms with E-state index in [4.69, 9.17) is 26.3 Å². The standard InChI is InChI=1S/C35H40ClN7O2/c1-3-31(44)43-21-26(20-25(43)12-16-37)40(2)33-27-13-19-41(30-11-5-9-24-8-4-10-28(36)32(24)30)22-29(27)38-34(39-33)45-23-35-14-6-17-42(35)18-7-15-35/h3-5,8-11,25-26H,1,6-7,12-15,17-23H2,2H3/t25-,26-/m1/s1. The van der Waals surface area contributed by atoms with Crippen molar-refractivity contribution in [2.24, 2.45) is 0 Å². The zero-order valence-electron chi connectivity index (χ0n) is 25.9. The zero-order chi connectivity index (χ0) is 31.1. The Hall–Kier alpha value is -3.87. The van der Waals surface area contributed by atoms with Gasteiger partial charge >= 0.3 is 6.01 Å². The van der Waals surface area contributed by atoms with E-state index in [2.05, 4.69) is 51.6 Å². The molecular formula is C35H40ClN7O2. The van der Waals surface area contributed by atoms with Crippen LogP contribution in [0.3, 0.4) is 0 Å². The highest BCUT2D eigenvalue weighted by atomic mass is 35.5. The highest BCUT2D eigenvalue weighted by molar-refractivity contribution is 6.36. The maximum Gasteiger partial charge on any atom is 0.318 e. The van der Waals surface area contributed by atoms with Gasteiger partial charge in [0.2, 0.25) is 5.91 Å². The van der Waals surface area contributed by atoms with E-state index in [0.29, 0.717) is 38.5 Å². The Morgan fingerprint density at radius 3 is 2.73 bits per heavy atom. The van der Waals surface area contributed by atoms with E-state index in [-0.39, 0.29) is 23.5 Å². The Kier molecular flexibility index (Phi) is 8.05. The molecule has 5 heterocycles. The summed E-state index contributed by atoms with van der Waals surface area (Å²) in [4.78, 5) is 31.7. The molecule has 0 radical (unpaired) electrons. The molecule has 1 aromatic heterocycles. The third-order valence-corrected chi connectivity index (χ3v) is 10.9. The summed E-state index contributed by atoms with van der Waals surface area (Å²) in [7, 11) is 2.05. The number of benzene rings is 2. The van der Waals surface area contributed by atoms with Crippen molar-refractivity contribution in [2.75, 3.05) is 49.6 Å². The summed E-state index contributed by atoms with van der Waals surface area (Å²) in [6, 6.07) is 14.9. The number of hydrogen-bond donors (Lipinski definition) is 0. The van der Waals surface area contributed by atoms with Crippen LogP contribution in [0.4, 0.5) is 11.5 Å². The fourth-order valence-corrected chi connectivity index (χ4v) is 8.46. The molecule has 10 heteroatoms. The predicted octanol–water partition coefficient (Wildman–Crippen LogP) is 5.36. The Morgan fingerprint density at radius 2 is 1.98 bits per heavy atom. The fourth-order valence-electron chi connectivity index (χ4n) is 8.18. The molecule has 45 heavy (non-hydrogen) atoms. The smallest absolute Gasteiger partial charge is 0.318 e. The topological polar surface area (TPSA) is 88.8 Å². The SMILES string of the molecule is C=CC(=O)N1C[C@H](N(C)c2nc(OCC34CCCN3CCC4)nc3c2CCN(c2cccc4cccc(Cl)c24)C3)C[C@H]1CC#N. The van der Waals surface area contributed by atoms with Crippen LogP contribution in [0.5, 0.6) is 6.01 Å². The molecule has 3 aromatic rings. The van der Waals surface area contributed by atoms with Gasteiger partial charge in [0.15, 0.2) is 0 Å². The van der Waals surface area contributed by atoms with Crippen molar-refractivity contribution < 1.29 is 9.53 Å². The number of fused-ring (bicyclic) bond motifs is 3. The number of halogens is 1. The lowest BCUT2D eigenvalue weighted by Gasteiger charge is -2.35. The fraction of sp³-hybridized carbons (Fsp3) is 0.486. The normalized spacial score (nSPS) is 22.2. The summed E-state index contributed by atoms with van der Waals surface area (Å²) in [5.74, 6) is 0.715. The van der Waals surface area contributed by atoms with Crippen LogP contribution in [0.1, 0.15) is 49.8 Å². The van der Waals surface area contributed by atoms with Crippen molar-refractivity contribution in [1.82, 2.24) is 19.8 Å². The molecule has 4 aliphatic rings. The highest BCUT2D eigenvalue weighted by Crippen LogP contribution is 2.40. The number of rotatable bonds is 8. The summed E-state index contributed by atoms with van der Waals surface area (Å²) < 4.78 is 6.53. The molecule has 4 aliphatic heterocycles. The number of anilines is 2. The predicted molar refractivity (Wildman–Crippen MR) is 177 cm³/mol. The van der Waals surface area contributed by atoms with Crippen LogP contribution < -0.4 is 14.5 Å². The number of nitrogens with zero attached hydrogens (tertiary/aromatic N) is 7. The van der Waals surface area contributed by atoms with Crippen LogP contribution >= 0.6 is 11.6 Å². The second kappa shape index (κ2) is 12.1. The maximum atomic E-state index is 12.7. The first-order valence-electron chi connectivity index (χ1n) is 16.1. The van der Waals surface area contributed by atoms with Gasteiger partial charge in [-0.1, -0.05) is 42.4 Å². The quantitative estimate of drug-likeness (QED) is 0.309. The van der Waals surface area contributed by atoms with Gasteiger partial charge < -0.3 is 19.4 Å². The molecule has 0 spiro atoms. The molecule has 0 N–H and O–H groups in total. The first-order chi connectivity index (χ1) is 21.9. The van der Waals surface area contributed by atoms with Crippen LogP contribution in [-0.4, -0.2) is 83.1 Å². The van der Waals surface area contributed by atoms with Gasteiger partial charge in [-0.3, -0.25) is 9.69 Å². The van der Waals surface area contributed by atoms with Gasteiger partial charge in [0.05, 0.1) is 35.3 Å². The minimum Gasteiger partial charge on any atom is -0.461 e. The summed E-state index contributed by atoms with van der Waals surface area (Å²) in [6.07, 6.45) is 7.79. The molecule has 7 rings (SSSR count). The number of hydrogen-bond acceptors (Lipinski definition) is 8. The summed E-state index contributed by atoms with van der Waals surface area (Å²) >= 11 is 6.73. The second-order valence-electron chi connectivity index (χ2n) is 13.0. The minimum atomic E-state index is -0.150. The summed E-state index contributed by atoms with van der Waals surface area (Å²) in [5.41, 5.74) is 3.24. The van der Waals surface area contributed by atoms with Crippen molar-refractivity contribution in [3.05, 3.63) is 65.3 Å². The number of carbonyl (C=O) groups excluding carboxylic acids is 1. The molecule has 2 aromatic carbocycles. The number of likely N-dealkylation sites (N-methyl/N-ethyl adjacent to an activating group) is 1. The van der Waals surface area contributed by atoms with Crippen LogP contribution in [0.2, 0.25) is 5.02 Å². The third-order valence-electron chi connectivity index (χ3n) is 10.5. The monoisotopic (exact) mass is 625 g/mol. The van der Waals surface area contributed by atoms with Gasteiger partial charge in [-0.15, -0.1) is 0 Å². The van der Waals surface area contributed by atoms with E-state index in [1.165, 1.54) is 18.9 Å². The van der Waals surface area contributed by atoms with Gasteiger partial charge in [-0.05, 0) is 75.2 Å². The molecule has 2 atom stereocenters. The molecule has 0 aliphatic carbocycles. The molecular weight excluding hydrogens is 586 g/mol. The van der Waals surface area contributed by atoms with Crippen LogP contribution in [-0.2, 0) is 17.8 Å². The summed E-state index contributed by atoms with van der Waals surface area (Å²) in [6.45, 7) is 8.47. The maximum absolute atomic E-state index is 12.7. The average molecular weight is 626 g/mol. The molecule has 9 nitrogen and oxygen atoms in total. The Labute approximate surface area is 270 Å². The largest absolute Gasteiger partial charge is 0.461 e. The molecule has 0 unspecified atom stereocenters. The number of aromatic nitrogens is 2. The van der Waals surface area contributed by atoms with Crippen LogP contribution in [0.25, 0.3) is 10.8 Å². The van der Waals surface area contributed by atoms with E-state index in [0.717, 1.165) is 77.5 Å². The Bertz CT molecular complexity index is 1660. The molecule has 3 fully saturated rings. The van der Waals surface area contributed by atoms with Gasteiger partial charge in [-0.2, -0.15) is 15.2 Å². The molecule has 234 valence electrons.